The number of Topliss-reactive ketones (excluding diaryl/α,β-unsaturated/α-hetero) is 1. The molecule has 1 aromatic carbocycles. The molecule has 0 unspecified atom stereocenters. The van der Waals surface area contributed by atoms with E-state index in [9.17, 15) is 4.79 Å². The second-order valence-electron chi connectivity index (χ2n) is 3.72. The van der Waals surface area contributed by atoms with Crippen LogP contribution in [-0.2, 0) is 17.6 Å². The van der Waals surface area contributed by atoms with Crippen molar-refractivity contribution in [1.29, 1.82) is 0 Å². The van der Waals surface area contributed by atoms with Crippen LogP contribution in [0.4, 0.5) is 5.69 Å². The molecule has 2 rings (SSSR count). The quantitative estimate of drug-likeness (QED) is 0.822. The van der Waals surface area contributed by atoms with E-state index in [2.05, 4.69) is 0 Å². The highest BCUT2D eigenvalue weighted by Crippen LogP contribution is 2.12. The maximum Gasteiger partial charge on any atom is 0.142 e. The van der Waals surface area contributed by atoms with Crippen LogP contribution in [0.25, 0.3) is 0 Å². The first-order valence-electron chi connectivity index (χ1n) is 5.12. The molecular formula is C13H13NOS. The molecule has 2 aromatic rings. The normalized spacial score (nSPS) is 10.2. The van der Waals surface area contributed by atoms with Crippen LogP contribution >= 0.6 is 11.3 Å². The van der Waals surface area contributed by atoms with Gasteiger partial charge < -0.3 is 5.73 Å². The van der Waals surface area contributed by atoms with Crippen LogP contribution in [0.15, 0.2) is 41.8 Å². The Morgan fingerprint density at radius 3 is 2.75 bits per heavy atom. The number of thiophene rings is 1. The van der Waals surface area contributed by atoms with Gasteiger partial charge in [0.2, 0.25) is 0 Å². The third-order valence-electron chi connectivity index (χ3n) is 2.30. The first-order chi connectivity index (χ1) is 7.74. The number of carbonyl (C=O) groups is 1. The average molecular weight is 231 g/mol. The first-order valence-corrected chi connectivity index (χ1v) is 6.00. The smallest absolute Gasteiger partial charge is 0.142 e. The summed E-state index contributed by atoms with van der Waals surface area (Å²) in [6.45, 7) is 0. The molecule has 1 heterocycles. The molecule has 0 aliphatic heterocycles. The van der Waals surface area contributed by atoms with Crippen molar-refractivity contribution < 1.29 is 4.79 Å². The summed E-state index contributed by atoms with van der Waals surface area (Å²) < 4.78 is 0. The van der Waals surface area contributed by atoms with Crippen molar-refractivity contribution in [2.75, 3.05) is 5.73 Å². The highest BCUT2D eigenvalue weighted by molar-refractivity contribution is 7.10. The largest absolute Gasteiger partial charge is 0.399 e. The van der Waals surface area contributed by atoms with Crippen LogP contribution in [0.2, 0.25) is 0 Å². The van der Waals surface area contributed by atoms with Gasteiger partial charge in [0.05, 0.1) is 0 Å². The Balaban J connectivity index is 1.97. The lowest BCUT2D eigenvalue weighted by molar-refractivity contribution is -0.117. The van der Waals surface area contributed by atoms with Gasteiger partial charge in [0.25, 0.3) is 0 Å². The molecule has 0 atom stereocenters. The van der Waals surface area contributed by atoms with E-state index in [0.29, 0.717) is 18.5 Å². The Morgan fingerprint density at radius 2 is 2.06 bits per heavy atom. The van der Waals surface area contributed by atoms with Crippen molar-refractivity contribution in [1.82, 2.24) is 0 Å². The third kappa shape index (κ3) is 2.94. The number of ketones is 1. The first kappa shape index (κ1) is 10.9. The van der Waals surface area contributed by atoms with Crippen LogP contribution in [0.1, 0.15) is 10.4 Å². The molecule has 0 amide bonds. The van der Waals surface area contributed by atoms with Gasteiger partial charge in [-0.2, -0.15) is 0 Å². The Hall–Kier alpha value is -1.61. The van der Waals surface area contributed by atoms with Crippen LogP contribution in [0.5, 0.6) is 0 Å². The maximum absolute atomic E-state index is 11.8. The third-order valence-corrected chi connectivity index (χ3v) is 3.18. The van der Waals surface area contributed by atoms with Gasteiger partial charge in [0.15, 0.2) is 0 Å². The van der Waals surface area contributed by atoms with Gasteiger partial charge in [0, 0.05) is 23.4 Å². The van der Waals surface area contributed by atoms with Crippen molar-refractivity contribution in [3.05, 3.63) is 52.2 Å². The van der Waals surface area contributed by atoms with E-state index < -0.39 is 0 Å². The summed E-state index contributed by atoms with van der Waals surface area (Å²) in [5.74, 6) is 0.230. The molecule has 82 valence electrons. The second-order valence-corrected chi connectivity index (χ2v) is 4.75. The molecule has 1 aromatic heterocycles. The van der Waals surface area contributed by atoms with Crippen LogP contribution in [0.3, 0.4) is 0 Å². The fourth-order valence-electron chi connectivity index (χ4n) is 1.60. The summed E-state index contributed by atoms with van der Waals surface area (Å²) in [5.41, 5.74) is 7.36. The zero-order valence-corrected chi connectivity index (χ0v) is 9.67. The number of carbonyl (C=O) groups excluding carboxylic acids is 1. The fraction of sp³-hybridized carbons (Fsp3) is 0.154. The van der Waals surface area contributed by atoms with Gasteiger partial charge in [-0.15, -0.1) is 11.3 Å². The highest BCUT2D eigenvalue weighted by Gasteiger charge is 2.05. The minimum atomic E-state index is 0.230. The van der Waals surface area contributed by atoms with Crippen molar-refractivity contribution in [2.45, 2.75) is 12.8 Å². The second kappa shape index (κ2) is 4.94. The number of anilines is 1. The summed E-state index contributed by atoms with van der Waals surface area (Å²) >= 11 is 1.62. The van der Waals surface area contributed by atoms with Gasteiger partial charge in [-0.05, 0) is 29.1 Å². The van der Waals surface area contributed by atoms with Crippen molar-refractivity contribution in [3.63, 3.8) is 0 Å². The number of nitrogen functional groups attached to an aromatic ring is 1. The maximum atomic E-state index is 11.8. The van der Waals surface area contributed by atoms with Gasteiger partial charge >= 0.3 is 0 Å². The van der Waals surface area contributed by atoms with Crippen molar-refractivity contribution in [2.24, 2.45) is 0 Å². The standard InChI is InChI=1S/C13H13NOS/c14-11-4-1-3-10(7-11)8-12(15)9-13-5-2-6-16-13/h1-7H,8-9,14H2. The van der Waals surface area contributed by atoms with Gasteiger partial charge in [-0.25, -0.2) is 0 Å². The Bertz CT molecular complexity index is 476. The summed E-state index contributed by atoms with van der Waals surface area (Å²) in [7, 11) is 0. The minimum absolute atomic E-state index is 0.230. The fourth-order valence-corrected chi connectivity index (χ4v) is 2.33. The van der Waals surface area contributed by atoms with Gasteiger partial charge in [-0.3, -0.25) is 4.79 Å². The van der Waals surface area contributed by atoms with Crippen molar-refractivity contribution in [3.8, 4) is 0 Å². The van der Waals surface area contributed by atoms with Crippen LogP contribution in [-0.4, -0.2) is 5.78 Å². The Kier molecular flexibility index (Phi) is 3.37. The Morgan fingerprint density at radius 1 is 1.19 bits per heavy atom. The minimum Gasteiger partial charge on any atom is -0.399 e. The van der Waals surface area contributed by atoms with Crippen LogP contribution < -0.4 is 5.73 Å². The topological polar surface area (TPSA) is 43.1 Å². The predicted octanol–water partition coefficient (Wildman–Crippen LogP) is 2.68. The zero-order valence-electron chi connectivity index (χ0n) is 8.85. The number of hydrogen-bond acceptors (Lipinski definition) is 3. The van der Waals surface area contributed by atoms with E-state index in [-0.39, 0.29) is 5.78 Å². The lowest BCUT2D eigenvalue weighted by Crippen LogP contribution is -2.05. The summed E-state index contributed by atoms with van der Waals surface area (Å²) in [6.07, 6.45) is 0.982. The predicted molar refractivity (Wildman–Crippen MR) is 67.6 cm³/mol. The van der Waals surface area contributed by atoms with Crippen LogP contribution in [0, 0.1) is 0 Å². The molecule has 3 heteroatoms. The number of benzene rings is 1. The summed E-state index contributed by atoms with van der Waals surface area (Å²) in [5, 5.41) is 1.99. The molecule has 0 spiro atoms. The molecular weight excluding hydrogens is 218 g/mol. The number of hydrogen-bond donors (Lipinski definition) is 1. The van der Waals surface area contributed by atoms with E-state index >= 15 is 0 Å². The molecule has 0 fully saturated rings. The molecule has 0 saturated heterocycles. The lowest BCUT2D eigenvalue weighted by Gasteiger charge is -2.01. The van der Waals surface area contributed by atoms with E-state index in [4.69, 9.17) is 5.73 Å². The average Bonchev–Trinajstić information content (AvgIpc) is 2.70. The molecule has 0 bridgehead atoms. The summed E-state index contributed by atoms with van der Waals surface area (Å²) in [4.78, 5) is 12.9. The molecule has 2 N–H and O–H groups in total. The molecule has 16 heavy (non-hydrogen) atoms. The highest BCUT2D eigenvalue weighted by atomic mass is 32.1. The van der Waals surface area contributed by atoms with Gasteiger partial charge in [-0.1, -0.05) is 18.2 Å². The Labute approximate surface area is 98.7 Å². The zero-order chi connectivity index (χ0) is 11.4. The molecule has 0 radical (unpaired) electrons. The van der Waals surface area contributed by atoms with Crippen molar-refractivity contribution >= 4 is 22.8 Å². The van der Waals surface area contributed by atoms with E-state index in [1.54, 1.807) is 11.3 Å². The van der Waals surface area contributed by atoms with E-state index in [0.717, 1.165) is 10.4 Å². The van der Waals surface area contributed by atoms with E-state index in [1.165, 1.54) is 0 Å². The summed E-state index contributed by atoms with van der Waals surface area (Å²) in [6, 6.07) is 11.4. The molecule has 0 saturated carbocycles. The van der Waals surface area contributed by atoms with Gasteiger partial charge in [0.1, 0.15) is 5.78 Å². The molecule has 0 aliphatic carbocycles. The molecule has 2 nitrogen and oxygen atoms in total. The lowest BCUT2D eigenvalue weighted by atomic mass is 10.1. The number of nitrogens with two attached hydrogens (primary N) is 1. The monoisotopic (exact) mass is 231 g/mol. The number of rotatable bonds is 4. The SMILES string of the molecule is Nc1cccc(CC(=O)Cc2cccs2)c1. The van der Waals surface area contributed by atoms with E-state index in [1.807, 2.05) is 41.8 Å². The molecule has 0 aliphatic rings.